The molecule has 1 aliphatic carbocycles. The number of hydrogen-bond donors (Lipinski definition) is 1. The van der Waals surface area contributed by atoms with Crippen molar-refractivity contribution < 1.29 is 9.00 Å². The summed E-state index contributed by atoms with van der Waals surface area (Å²) in [6.45, 7) is 1.62. The maximum absolute atomic E-state index is 13.1. The first kappa shape index (κ1) is 22.0. The van der Waals surface area contributed by atoms with Crippen LogP contribution in [0, 0.1) is 6.92 Å². The molecule has 1 aromatic heterocycles. The Morgan fingerprint density at radius 2 is 1.93 bits per heavy atom. The molecule has 1 unspecified atom stereocenters. The van der Waals surface area contributed by atoms with Crippen molar-refractivity contribution in [2.24, 2.45) is 0 Å². The van der Waals surface area contributed by atoms with Crippen molar-refractivity contribution in [3.63, 3.8) is 0 Å². The quantitative estimate of drug-likeness (QED) is 0.680. The Hall–Kier alpha value is -1.70. The topological polar surface area (TPSA) is 81.1 Å². The number of amides is 1. The van der Waals surface area contributed by atoms with Gasteiger partial charge in [0.25, 0.3) is 5.56 Å². The Kier molecular flexibility index (Phi) is 7.49. The highest BCUT2D eigenvalue weighted by Crippen LogP contribution is 2.28. The van der Waals surface area contributed by atoms with Gasteiger partial charge in [-0.3, -0.25) is 13.8 Å². The van der Waals surface area contributed by atoms with Gasteiger partial charge in [0, 0.05) is 15.8 Å². The minimum atomic E-state index is -1.12. The number of hydrogen-bond acceptors (Lipinski definition) is 4. The Balaban J connectivity index is 1.74. The highest BCUT2D eigenvalue weighted by molar-refractivity contribution is 7.85. The van der Waals surface area contributed by atoms with Gasteiger partial charge in [0.05, 0.1) is 22.0 Å². The van der Waals surface area contributed by atoms with Crippen LogP contribution in [0.15, 0.2) is 34.1 Å². The zero-order valence-electron chi connectivity index (χ0n) is 16.1. The number of nitrogens with one attached hydrogen (secondary N) is 1. The summed E-state index contributed by atoms with van der Waals surface area (Å²) in [6.07, 6.45) is 7.77. The summed E-state index contributed by atoms with van der Waals surface area (Å²) in [5, 5.41) is 6.59. The van der Waals surface area contributed by atoms with E-state index < -0.39 is 22.3 Å². The molecule has 9 heteroatoms. The number of anilines is 1. The maximum Gasteiger partial charge on any atom is 0.287 e. The standard InChI is InChI=1S/C20H23Cl2N3O3S/c1-13-8-9-14(10-17(13)29(28)15-6-4-2-3-5-7-15)24-18(26)12-25-20(27)19(22)16(21)11-23-25/h8-11,15H,2-7,12H2,1H3,(H,24,26). The average molecular weight is 456 g/mol. The summed E-state index contributed by atoms with van der Waals surface area (Å²) in [4.78, 5) is 25.2. The van der Waals surface area contributed by atoms with Gasteiger partial charge in [0.1, 0.15) is 11.6 Å². The Labute approximate surface area is 182 Å². The van der Waals surface area contributed by atoms with Crippen LogP contribution in [-0.2, 0) is 22.1 Å². The van der Waals surface area contributed by atoms with E-state index in [1.54, 1.807) is 12.1 Å². The SMILES string of the molecule is Cc1ccc(NC(=O)Cn2ncc(Cl)c(Cl)c2=O)cc1S(=O)C1CCCCCC1. The number of carbonyl (C=O) groups excluding carboxylic acids is 1. The maximum atomic E-state index is 13.1. The Bertz CT molecular complexity index is 985. The molecule has 1 heterocycles. The fraction of sp³-hybridized carbons (Fsp3) is 0.450. The second-order valence-electron chi connectivity index (χ2n) is 7.21. The third-order valence-electron chi connectivity index (χ3n) is 5.03. The highest BCUT2D eigenvalue weighted by atomic mass is 35.5. The van der Waals surface area contributed by atoms with E-state index in [4.69, 9.17) is 23.2 Å². The van der Waals surface area contributed by atoms with Gasteiger partial charge in [-0.25, -0.2) is 4.68 Å². The molecule has 1 fully saturated rings. The largest absolute Gasteiger partial charge is 0.324 e. The van der Waals surface area contributed by atoms with Crippen molar-refractivity contribution in [2.75, 3.05) is 5.32 Å². The molecule has 6 nitrogen and oxygen atoms in total. The molecule has 0 aliphatic heterocycles. The number of carbonyl (C=O) groups is 1. The van der Waals surface area contributed by atoms with Crippen molar-refractivity contribution in [1.29, 1.82) is 0 Å². The van der Waals surface area contributed by atoms with Gasteiger partial charge in [0.15, 0.2) is 0 Å². The van der Waals surface area contributed by atoms with E-state index in [9.17, 15) is 13.8 Å². The van der Waals surface area contributed by atoms with Crippen molar-refractivity contribution in [3.05, 3.63) is 50.4 Å². The number of benzene rings is 1. The van der Waals surface area contributed by atoms with E-state index in [2.05, 4.69) is 10.4 Å². The zero-order chi connectivity index (χ0) is 21.0. The van der Waals surface area contributed by atoms with E-state index in [1.807, 2.05) is 13.0 Å². The van der Waals surface area contributed by atoms with E-state index in [1.165, 1.54) is 19.0 Å². The lowest BCUT2D eigenvalue weighted by molar-refractivity contribution is -0.117. The van der Waals surface area contributed by atoms with Crippen molar-refractivity contribution in [2.45, 2.75) is 62.1 Å². The second-order valence-corrected chi connectivity index (χ2v) is 9.70. The predicted molar refractivity (Wildman–Crippen MR) is 116 cm³/mol. The predicted octanol–water partition coefficient (Wildman–Crippen LogP) is 4.33. The minimum absolute atomic E-state index is 0.0393. The van der Waals surface area contributed by atoms with Crippen molar-refractivity contribution in [3.8, 4) is 0 Å². The Morgan fingerprint density at radius 1 is 1.24 bits per heavy atom. The number of aromatic nitrogens is 2. The van der Waals surface area contributed by atoms with E-state index in [0.717, 1.165) is 40.8 Å². The summed E-state index contributed by atoms with van der Waals surface area (Å²) in [5.41, 5.74) is 0.840. The molecule has 1 amide bonds. The van der Waals surface area contributed by atoms with Crippen LogP contribution in [0.2, 0.25) is 10.0 Å². The van der Waals surface area contributed by atoms with Gasteiger partial charge < -0.3 is 5.32 Å². The smallest absolute Gasteiger partial charge is 0.287 e. The molecule has 29 heavy (non-hydrogen) atoms. The van der Waals surface area contributed by atoms with Crippen LogP contribution in [0.25, 0.3) is 0 Å². The first-order chi connectivity index (χ1) is 13.9. The van der Waals surface area contributed by atoms with Crippen LogP contribution in [0.1, 0.15) is 44.1 Å². The summed E-state index contributed by atoms with van der Waals surface area (Å²) in [6, 6.07) is 5.37. The van der Waals surface area contributed by atoms with Crippen LogP contribution in [0.5, 0.6) is 0 Å². The summed E-state index contributed by atoms with van der Waals surface area (Å²) in [5.74, 6) is -0.437. The number of halogens is 2. The number of rotatable bonds is 5. The fourth-order valence-corrected chi connectivity index (χ4v) is 5.44. The van der Waals surface area contributed by atoms with E-state index in [-0.39, 0.29) is 21.8 Å². The van der Waals surface area contributed by atoms with Gasteiger partial charge in [-0.1, -0.05) is 55.0 Å². The molecule has 1 saturated carbocycles. The van der Waals surface area contributed by atoms with Crippen molar-refractivity contribution >= 4 is 45.6 Å². The third kappa shape index (κ3) is 5.47. The van der Waals surface area contributed by atoms with Gasteiger partial charge in [-0.05, 0) is 37.5 Å². The molecule has 0 spiro atoms. The molecule has 0 radical (unpaired) electrons. The monoisotopic (exact) mass is 455 g/mol. The third-order valence-corrected chi connectivity index (χ3v) is 7.73. The van der Waals surface area contributed by atoms with Crippen LogP contribution < -0.4 is 10.9 Å². The molecule has 2 aromatic rings. The lowest BCUT2D eigenvalue weighted by Gasteiger charge is -2.16. The molecule has 156 valence electrons. The van der Waals surface area contributed by atoms with Crippen molar-refractivity contribution in [1.82, 2.24) is 9.78 Å². The number of nitrogens with zero attached hydrogens (tertiary/aromatic N) is 2. The zero-order valence-corrected chi connectivity index (χ0v) is 18.4. The first-order valence-corrected chi connectivity index (χ1v) is 11.6. The van der Waals surface area contributed by atoms with Crippen LogP contribution in [0.3, 0.4) is 0 Å². The molecule has 1 atom stereocenters. The highest BCUT2D eigenvalue weighted by Gasteiger charge is 2.22. The summed E-state index contributed by atoms with van der Waals surface area (Å²) in [7, 11) is -1.12. The van der Waals surface area contributed by atoms with E-state index >= 15 is 0 Å². The lowest BCUT2D eigenvalue weighted by Crippen LogP contribution is -2.29. The van der Waals surface area contributed by atoms with Crippen LogP contribution in [0.4, 0.5) is 5.69 Å². The molecule has 1 N–H and O–H groups in total. The first-order valence-electron chi connectivity index (χ1n) is 9.59. The van der Waals surface area contributed by atoms with Gasteiger partial charge in [-0.15, -0.1) is 0 Å². The average Bonchev–Trinajstić information content (AvgIpc) is 2.99. The summed E-state index contributed by atoms with van der Waals surface area (Å²) >= 11 is 11.6. The minimum Gasteiger partial charge on any atom is -0.324 e. The second kappa shape index (κ2) is 9.87. The summed E-state index contributed by atoms with van der Waals surface area (Å²) < 4.78 is 14.1. The molecular weight excluding hydrogens is 433 g/mol. The van der Waals surface area contributed by atoms with Gasteiger partial charge in [-0.2, -0.15) is 5.10 Å². The van der Waals surface area contributed by atoms with Crippen LogP contribution >= 0.6 is 23.2 Å². The molecule has 3 rings (SSSR count). The molecule has 1 aromatic carbocycles. The molecule has 0 bridgehead atoms. The molecular formula is C20H23Cl2N3O3S. The fourth-order valence-electron chi connectivity index (χ4n) is 3.42. The van der Waals surface area contributed by atoms with Crippen LogP contribution in [-0.4, -0.2) is 25.1 Å². The Morgan fingerprint density at radius 3 is 2.62 bits per heavy atom. The van der Waals surface area contributed by atoms with Gasteiger partial charge in [0.2, 0.25) is 5.91 Å². The number of aryl methyl sites for hydroxylation is 1. The lowest BCUT2D eigenvalue weighted by atomic mass is 10.2. The van der Waals surface area contributed by atoms with Gasteiger partial charge >= 0.3 is 0 Å². The van der Waals surface area contributed by atoms with E-state index in [0.29, 0.717) is 5.69 Å². The molecule has 0 saturated heterocycles. The molecule has 1 aliphatic rings. The normalized spacial score (nSPS) is 16.2.